The van der Waals surface area contributed by atoms with E-state index in [0.717, 1.165) is 25.3 Å². The van der Waals surface area contributed by atoms with Crippen molar-refractivity contribution in [3.8, 4) is 0 Å². The quantitative estimate of drug-likeness (QED) is 0.685. The summed E-state index contributed by atoms with van der Waals surface area (Å²) >= 11 is 7.45. The fraction of sp³-hybridized carbons (Fsp3) is 0.727. The Morgan fingerprint density at radius 2 is 2.00 bits per heavy atom. The van der Waals surface area contributed by atoms with Crippen LogP contribution in [0.5, 0.6) is 0 Å². The predicted molar refractivity (Wildman–Crippen MR) is 67.5 cm³/mol. The van der Waals surface area contributed by atoms with Crippen molar-refractivity contribution in [2.45, 2.75) is 39.1 Å². The average molecular weight is 247 g/mol. The van der Waals surface area contributed by atoms with Gasteiger partial charge in [0.15, 0.2) is 0 Å². The highest BCUT2D eigenvalue weighted by Crippen LogP contribution is 2.14. The molecule has 0 aliphatic heterocycles. The molecule has 0 aromatic carbocycles. The summed E-state index contributed by atoms with van der Waals surface area (Å²) in [6.45, 7) is 7.72. The summed E-state index contributed by atoms with van der Waals surface area (Å²) in [5.74, 6) is 0.526. The van der Waals surface area contributed by atoms with E-state index in [4.69, 9.17) is 11.6 Å². The summed E-state index contributed by atoms with van der Waals surface area (Å²) in [5.41, 5.74) is 1.00. The molecule has 0 atom stereocenters. The molecule has 0 amide bonds. The van der Waals surface area contributed by atoms with Gasteiger partial charge in [0.1, 0.15) is 5.01 Å². The zero-order chi connectivity index (χ0) is 11.1. The molecule has 0 unspecified atom stereocenters. The second-order valence-corrected chi connectivity index (χ2v) is 4.85. The highest BCUT2D eigenvalue weighted by molar-refractivity contribution is 7.09. The summed E-state index contributed by atoms with van der Waals surface area (Å²) in [6, 6.07) is 0. The Balaban J connectivity index is 2.48. The van der Waals surface area contributed by atoms with Gasteiger partial charge in [0, 0.05) is 5.38 Å². The van der Waals surface area contributed by atoms with Crippen molar-refractivity contribution in [3.63, 3.8) is 0 Å². The number of halogens is 1. The summed E-state index contributed by atoms with van der Waals surface area (Å²) in [5, 5.41) is 3.24. The Morgan fingerprint density at radius 3 is 2.47 bits per heavy atom. The fourth-order valence-corrected chi connectivity index (χ4v) is 2.64. The molecule has 0 radical (unpaired) electrons. The smallest absolute Gasteiger partial charge is 0.107 e. The highest BCUT2D eigenvalue weighted by atomic mass is 35.5. The van der Waals surface area contributed by atoms with Gasteiger partial charge in [-0.2, -0.15) is 0 Å². The molecule has 4 heteroatoms. The topological polar surface area (TPSA) is 16.1 Å². The molecule has 0 saturated carbocycles. The van der Waals surface area contributed by atoms with Crippen LogP contribution in [-0.2, 0) is 12.4 Å². The van der Waals surface area contributed by atoms with E-state index in [9.17, 15) is 0 Å². The van der Waals surface area contributed by atoms with Crippen molar-refractivity contribution < 1.29 is 0 Å². The number of rotatable bonds is 7. The van der Waals surface area contributed by atoms with E-state index in [-0.39, 0.29) is 0 Å². The average Bonchev–Trinajstić information content (AvgIpc) is 2.66. The SMILES string of the molecule is CCCN(CCC)Cc1nc(CCl)cs1. The molecular formula is C11H19ClN2S. The maximum absolute atomic E-state index is 5.73. The van der Waals surface area contributed by atoms with Crippen LogP contribution in [0, 0.1) is 0 Å². The van der Waals surface area contributed by atoms with Crippen LogP contribution in [0.2, 0.25) is 0 Å². The van der Waals surface area contributed by atoms with E-state index in [2.05, 4.69) is 29.1 Å². The van der Waals surface area contributed by atoms with Crippen molar-refractivity contribution in [2.75, 3.05) is 13.1 Å². The Bertz CT molecular complexity index is 269. The first-order valence-corrected chi connectivity index (χ1v) is 6.93. The summed E-state index contributed by atoms with van der Waals surface area (Å²) in [7, 11) is 0. The highest BCUT2D eigenvalue weighted by Gasteiger charge is 2.07. The van der Waals surface area contributed by atoms with Gasteiger partial charge in [-0.05, 0) is 25.9 Å². The lowest BCUT2D eigenvalue weighted by molar-refractivity contribution is 0.266. The standard InChI is InChI=1S/C11H19ClN2S/c1-3-5-14(6-4-2)8-11-13-10(7-12)9-15-11/h9H,3-8H2,1-2H3. The number of aromatic nitrogens is 1. The minimum absolute atomic E-state index is 0.526. The molecule has 86 valence electrons. The van der Waals surface area contributed by atoms with Crippen LogP contribution in [0.25, 0.3) is 0 Å². The number of hydrogen-bond acceptors (Lipinski definition) is 3. The molecule has 0 aliphatic carbocycles. The molecule has 2 nitrogen and oxygen atoms in total. The van der Waals surface area contributed by atoms with E-state index < -0.39 is 0 Å². The fourth-order valence-electron chi connectivity index (χ4n) is 1.58. The van der Waals surface area contributed by atoms with E-state index in [1.54, 1.807) is 11.3 Å². The zero-order valence-electron chi connectivity index (χ0n) is 9.50. The molecule has 0 bridgehead atoms. The van der Waals surface area contributed by atoms with Gasteiger partial charge in [0.05, 0.1) is 18.1 Å². The minimum atomic E-state index is 0.526. The van der Waals surface area contributed by atoms with Gasteiger partial charge in [0.2, 0.25) is 0 Å². The van der Waals surface area contributed by atoms with Gasteiger partial charge in [-0.25, -0.2) is 4.98 Å². The Morgan fingerprint density at radius 1 is 1.33 bits per heavy atom. The lowest BCUT2D eigenvalue weighted by atomic mass is 10.3. The van der Waals surface area contributed by atoms with Crippen molar-refractivity contribution in [3.05, 3.63) is 16.1 Å². The number of hydrogen-bond donors (Lipinski definition) is 0. The lowest BCUT2D eigenvalue weighted by Gasteiger charge is -2.19. The van der Waals surface area contributed by atoms with Gasteiger partial charge in [-0.15, -0.1) is 22.9 Å². The number of nitrogens with zero attached hydrogens (tertiary/aromatic N) is 2. The normalized spacial score (nSPS) is 11.2. The second-order valence-electron chi connectivity index (χ2n) is 3.64. The molecule has 1 aromatic heterocycles. The molecule has 0 aliphatic rings. The summed E-state index contributed by atoms with van der Waals surface area (Å²) in [4.78, 5) is 6.93. The molecule has 0 fully saturated rings. The first kappa shape index (κ1) is 12.9. The lowest BCUT2D eigenvalue weighted by Crippen LogP contribution is -2.24. The molecule has 1 heterocycles. The van der Waals surface area contributed by atoms with E-state index in [1.165, 1.54) is 17.8 Å². The largest absolute Gasteiger partial charge is 0.297 e. The summed E-state index contributed by atoms with van der Waals surface area (Å²) in [6.07, 6.45) is 2.40. The molecule has 1 rings (SSSR count). The molecule has 1 aromatic rings. The first-order chi connectivity index (χ1) is 7.30. The van der Waals surface area contributed by atoms with Crippen LogP contribution in [0.4, 0.5) is 0 Å². The van der Waals surface area contributed by atoms with Crippen molar-refractivity contribution in [1.29, 1.82) is 0 Å². The van der Waals surface area contributed by atoms with Gasteiger partial charge in [0.25, 0.3) is 0 Å². The molecule has 0 saturated heterocycles. The van der Waals surface area contributed by atoms with Crippen LogP contribution in [0.15, 0.2) is 5.38 Å². The van der Waals surface area contributed by atoms with Gasteiger partial charge >= 0.3 is 0 Å². The van der Waals surface area contributed by atoms with Gasteiger partial charge in [-0.1, -0.05) is 13.8 Å². The Labute approximate surface area is 101 Å². The van der Waals surface area contributed by atoms with Gasteiger partial charge in [-0.3, -0.25) is 4.90 Å². The van der Waals surface area contributed by atoms with E-state index in [1.807, 2.05) is 0 Å². The van der Waals surface area contributed by atoms with Crippen LogP contribution in [0.1, 0.15) is 37.4 Å². The predicted octanol–water partition coefficient (Wildman–Crippen LogP) is 3.50. The number of thiazole rings is 1. The third-order valence-electron chi connectivity index (χ3n) is 2.17. The van der Waals surface area contributed by atoms with Crippen molar-refractivity contribution in [1.82, 2.24) is 9.88 Å². The molecule has 15 heavy (non-hydrogen) atoms. The number of alkyl halides is 1. The third kappa shape index (κ3) is 4.49. The Hall–Kier alpha value is -0.120. The monoisotopic (exact) mass is 246 g/mol. The van der Waals surface area contributed by atoms with Crippen LogP contribution < -0.4 is 0 Å². The van der Waals surface area contributed by atoms with Crippen LogP contribution >= 0.6 is 22.9 Å². The third-order valence-corrected chi connectivity index (χ3v) is 3.33. The second kappa shape index (κ2) is 7.20. The molecular weight excluding hydrogens is 228 g/mol. The van der Waals surface area contributed by atoms with E-state index in [0.29, 0.717) is 5.88 Å². The Kier molecular flexibility index (Phi) is 6.22. The molecule has 0 N–H and O–H groups in total. The summed E-state index contributed by atoms with van der Waals surface area (Å²) < 4.78 is 0. The maximum atomic E-state index is 5.73. The zero-order valence-corrected chi connectivity index (χ0v) is 11.1. The van der Waals surface area contributed by atoms with Gasteiger partial charge < -0.3 is 0 Å². The minimum Gasteiger partial charge on any atom is -0.297 e. The van der Waals surface area contributed by atoms with E-state index >= 15 is 0 Å². The maximum Gasteiger partial charge on any atom is 0.107 e. The van der Waals surface area contributed by atoms with Crippen LogP contribution in [0.3, 0.4) is 0 Å². The van der Waals surface area contributed by atoms with Crippen LogP contribution in [-0.4, -0.2) is 23.0 Å². The first-order valence-electron chi connectivity index (χ1n) is 5.51. The van der Waals surface area contributed by atoms with Crippen molar-refractivity contribution in [2.24, 2.45) is 0 Å². The van der Waals surface area contributed by atoms with Crippen molar-refractivity contribution >= 4 is 22.9 Å². The molecule has 0 spiro atoms.